The van der Waals surface area contributed by atoms with E-state index in [1.165, 1.54) is 6.07 Å². The van der Waals surface area contributed by atoms with Gasteiger partial charge in [-0.2, -0.15) is 0 Å². The van der Waals surface area contributed by atoms with Gasteiger partial charge in [0.15, 0.2) is 0 Å². The number of hydrogen-bond acceptors (Lipinski definition) is 5. The van der Waals surface area contributed by atoms with Gasteiger partial charge in [-0.3, -0.25) is 9.79 Å². The van der Waals surface area contributed by atoms with Crippen molar-refractivity contribution in [3.63, 3.8) is 0 Å². The number of carbonyl (C=O) groups excluding carboxylic acids is 1. The largest absolute Gasteiger partial charge is 0.489 e. The Bertz CT molecular complexity index is 1470. The highest BCUT2D eigenvalue weighted by molar-refractivity contribution is 6.40. The van der Waals surface area contributed by atoms with Crippen molar-refractivity contribution in [2.75, 3.05) is 6.54 Å². The maximum absolute atomic E-state index is 13.8. The number of aliphatic imine (C=N–C) groups is 1. The first kappa shape index (κ1) is 26.2. The molecule has 0 fully saturated rings. The van der Waals surface area contributed by atoms with Gasteiger partial charge in [-0.05, 0) is 59.2 Å². The SMILES string of the molecule is O=C(NC(Cc1ccc(OCc2ccccc2F)cc1)C(=O)O)C1=NC2C=C(c3ccc(Cl)cc3)C=CN2C1. The Labute approximate surface area is 229 Å². The van der Waals surface area contributed by atoms with Crippen LogP contribution in [0.25, 0.3) is 5.57 Å². The molecule has 5 rings (SSSR count). The fourth-order valence-corrected chi connectivity index (χ4v) is 4.47. The van der Waals surface area contributed by atoms with Crippen molar-refractivity contribution in [3.8, 4) is 5.75 Å². The average Bonchev–Trinajstić information content (AvgIpc) is 3.37. The molecule has 3 aromatic rings. The number of allylic oxidation sites excluding steroid dienone is 2. The van der Waals surface area contributed by atoms with Gasteiger partial charge < -0.3 is 20.1 Å². The van der Waals surface area contributed by atoms with Crippen molar-refractivity contribution in [1.29, 1.82) is 0 Å². The Balaban J connectivity index is 1.19. The van der Waals surface area contributed by atoms with Gasteiger partial charge in [0.05, 0.1) is 6.54 Å². The van der Waals surface area contributed by atoms with Crippen molar-refractivity contribution in [1.82, 2.24) is 10.2 Å². The number of amides is 1. The van der Waals surface area contributed by atoms with Gasteiger partial charge in [0.25, 0.3) is 5.91 Å². The molecule has 0 saturated heterocycles. The molecule has 3 aromatic carbocycles. The number of carboxylic acid groups (broad SMARTS) is 1. The number of nitrogens with one attached hydrogen (secondary N) is 1. The lowest BCUT2D eigenvalue weighted by molar-refractivity contribution is -0.141. The van der Waals surface area contributed by atoms with Crippen LogP contribution < -0.4 is 10.1 Å². The predicted molar refractivity (Wildman–Crippen MR) is 147 cm³/mol. The molecule has 0 radical (unpaired) electrons. The topological polar surface area (TPSA) is 91.2 Å². The summed E-state index contributed by atoms with van der Waals surface area (Å²) < 4.78 is 19.4. The minimum atomic E-state index is -1.15. The first-order chi connectivity index (χ1) is 18.9. The van der Waals surface area contributed by atoms with Crippen molar-refractivity contribution in [2.45, 2.75) is 25.2 Å². The monoisotopic (exact) mass is 545 g/mol. The smallest absolute Gasteiger partial charge is 0.326 e. The number of benzene rings is 3. The molecule has 0 saturated carbocycles. The summed E-state index contributed by atoms with van der Waals surface area (Å²) in [4.78, 5) is 31.3. The van der Waals surface area contributed by atoms with Crippen LogP contribution >= 0.6 is 11.6 Å². The third-order valence-electron chi connectivity index (χ3n) is 6.49. The number of hydrogen-bond donors (Lipinski definition) is 2. The second-order valence-electron chi connectivity index (χ2n) is 9.20. The van der Waals surface area contributed by atoms with Crippen molar-refractivity contribution in [2.24, 2.45) is 4.99 Å². The molecule has 39 heavy (non-hydrogen) atoms. The number of fused-ring (bicyclic) bond motifs is 1. The number of halogens is 2. The molecule has 2 aliphatic heterocycles. The summed E-state index contributed by atoms with van der Waals surface area (Å²) in [7, 11) is 0. The maximum atomic E-state index is 13.8. The predicted octanol–water partition coefficient (Wildman–Crippen LogP) is 4.86. The molecule has 9 heteroatoms. The Kier molecular flexibility index (Phi) is 7.74. The number of carbonyl (C=O) groups is 2. The van der Waals surface area contributed by atoms with E-state index in [4.69, 9.17) is 16.3 Å². The standard InChI is InChI=1S/C30H25ClFN3O4/c31-23-9-7-20(8-10-23)21-13-14-35-17-27(33-28(35)16-21)29(36)34-26(30(37)38)15-19-5-11-24(12-6-19)39-18-22-3-1-2-4-25(22)32/h1-14,16,26,28H,15,17-18H2,(H,34,36)(H,37,38). The second-order valence-corrected chi connectivity index (χ2v) is 9.64. The Morgan fingerprint density at radius 3 is 2.56 bits per heavy atom. The molecule has 198 valence electrons. The average molecular weight is 546 g/mol. The Morgan fingerprint density at radius 2 is 1.85 bits per heavy atom. The zero-order chi connectivity index (χ0) is 27.4. The van der Waals surface area contributed by atoms with E-state index in [2.05, 4.69) is 10.3 Å². The highest BCUT2D eigenvalue weighted by Crippen LogP contribution is 2.27. The lowest BCUT2D eigenvalue weighted by atomic mass is 10.0. The van der Waals surface area contributed by atoms with Crippen LogP contribution in [-0.2, 0) is 22.6 Å². The number of carboxylic acids is 1. The van der Waals surface area contributed by atoms with Crippen LogP contribution in [0.3, 0.4) is 0 Å². The highest BCUT2D eigenvalue weighted by atomic mass is 35.5. The third-order valence-corrected chi connectivity index (χ3v) is 6.74. The van der Waals surface area contributed by atoms with E-state index in [9.17, 15) is 19.1 Å². The van der Waals surface area contributed by atoms with Crippen LogP contribution in [0.15, 0.2) is 96.1 Å². The quantitative estimate of drug-likeness (QED) is 0.400. The molecule has 0 aliphatic carbocycles. The van der Waals surface area contributed by atoms with Crippen LogP contribution in [0.5, 0.6) is 5.75 Å². The summed E-state index contributed by atoms with van der Waals surface area (Å²) in [5.41, 5.74) is 3.35. The summed E-state index contributed by atoms with van der Waals surface area (Å²) >= 11 is 5.98. The second kappa shape index (κ2) is 11.5. The Hall–Kier alpha value is -4.43. The number of nitrogens with zero attached hydrogens (tertiary/aromatic N) is 2. The fourth-order valence-electron chi connectivity index (χ4n) is 4.35. The molecule has 2 atom stereocenters. The van der Waals surface area contributed by atoms with Crippen LogP contribution in [0, 0.1) is 5.82 Å². The summed E-state index contributed by atoms with van der Waals surface area (Å²) in [5, 5.41) is 13.0. The van der Waals surface area contributed by atoms with E-state index in [1.54, 1.807) is 42.5 Å². The summed E-state index contributed by atoms with van der Waals surface area (Å²) in [6.45, 7) is 0.350. The van der Waals surface area contributed by atoms with E-state index in [0.29, 0.717) is 21.9 Å². The molecule has 2 heterocycles. The van der Waals surface area contributed by atoms with Crippen LogP contribution in [0.4, 0.5) is 4.39 Å². The minimum absolute atomic E-state index is 0.0749. The first-order valence-electron chi connectivity index (χ1n) is 12.3. The molecule has 7 nitrogen and oxygen atoms in total. The Morgan fingerprint density at radius 1 is 1.10 bits per heavy atom. The molecule has 2 N–H and O–H groups in total. The molecule has 0 spiro atoms. The van der Waals surface area contributed by atoms with Crippen LogP contribution in [0.2, 0.25) is 5.02 Å². The van der Waals surface area contributed by atoms with E-state index in [0.717, 1.165) is 11.1 Å². The van der Waals surface area contributed by atoms with E-state index in [-0.39, 0.29) is 37.3 Å². The van der Waals surface area contributed by atoms with Gasteiger partial charge >= 0.3 is 5.97 Å². The number of ether oxygens (including phenoxy) is 1. The fraction of sp³-hybridized carbons (Fsp3) is 0.167. The molecule has 0 bridgehead atoms. The summed E-state index contributed by atoms with van der Waals surface area (Å²) in [6, 6.07) is 19.5. The summed E-state index contributed by atoms with van der Waals surface area (Å²) in [6.07, 6.45) is 5.51. The van der Waals surface area contributed by atoms with Gasteiger partial charge in [-0.15, -0.1) is 0 Å². The molecule has 1 amide bonds. The molecule has 2 aliphatic rings. The van der Waals surface area contributed by atoms with Gasteiger partial charge in [0.2, 0.25) is 0 Å². The lowest BCUT2D eigenvalue weighted by Crippen LogP contribution is -2.46. The third kappa shape index (κ3) is 6.35. The van der Waals surface area contributed by atoms with Crippen molar-refractivity contribution in [3.05, 3.63) is 119 Å². The number of aliphatic carboxylic acids is 1. The molecular weight excluding hydrogens is 521 g/mol. The van der Waals surface area contributed by atoms with E-state index < -0.39 is 17.9 Å². The normalized spacial score (nSPS) is 16.7. The van der Waals surface area contributed by atoms with E-state index in [1.807, 2.05) is 47.5 Å². The maximum Gasteiger partial charge on any atom is 0.326 e. The van der Waals surface area contributed by atoms with Crippen LogP contribution in [0.1, 0.15) is 16.7 Å². The first-order valence-corrected chi connectivity index (χ1v) is 12.7. The highest BCUT2D eigenvalue weighted by Gasteiger charge is 2.31. The molecule has 0 aromatic heterocycles. The summed E-state index contributed by atoms with van der Waals surface area (Å²) in [5.74, 6) is -1.49. The van der Waals surface area contributed by atoms with Gasteiger partial charge in [0.1, 0.15) is 36.1 Å². The molecule has 2 unspecified atom stereocenters. The van der Waals surface area contributed by atoms with E-state index >= 15 is 0 Å². The van der Waals surface area contributed by atoms with Gasteiger partial charge in [0, 0.05) is 23.2 Å². The van der Waals surface area contributed by atoms with Crippen molar-refractivity contribution < 1.29 is 23.8 Å². The molecular formula is C30H25ClFN3O4. The van der Waals surface area contributed by atoms with Crippen LogP contribution in [-0.4, -0.2) is 46.3 Å². The number of rotatable bonds is 9. The zero-order valence-corrected chi connectivity index (χ0v) is 21.5. The lowest BCUT2D eigenvalue weighted by Gasteiger charge is -2.23. The van der Waals surface area contributed by atoms with Gasteiger partial charge in [-0.1, -0.05) is 54.1 Å². The zero-order valence-electron chi connectivity index (χ0n) is 20.8. The van der Waals surface area contributed by atoms with Crippen molar-refractivity contribution >= 4 is 34.8 Å². The van der Waals surface area contributed by atoms with Gasteiger partial charge in [-0.25, -0.2) is 9.18 Å². The minimum Gasteiger partial charge on any atom is -0.489 e.